The van der Waals surface area contributed by atoms with Gasteiger partial charge in [0.15, 0.2) is 0 Å². The van der Waals surface area contributed by atoms with Gasteiger partial charge in [0, 0.05) is 61.4 Å². The van der Waals surface area contributed by atoms with Crippen molar-refractivity contribution >= 4 is 29.1 Å². The SMILES string of the molecule is CCCCCn1c(N2CCC[C@H]2C(=O)NCCCn2ccnc2)cc(=O)n2cc(-c3ccc(Cl)cc3)nc12. The minimum absolute atomic E-state index is 0.00533. The summed E-state index contributed by atoms with van der Waals surface area (Å²) in [5, 5.41) is 3.76. The molecule has 10 heteroatoms. The molecular formula is C28H34ClN7O2. The Hall–Kier alpha value is -3.59. The Labute approximate surface area is 227 Å². The van der Waals surface area contributed by atoms with Gasteiger partial charge in [0.05, 0.1) is 12.0 Å². The number of amides is 1. The molecule has 1 aromatic carbocycles. The topological polar surface area (TPSA) is 89.5 Å². The van der Waals surface area contributed by atoms with Crippen LogP contribution in [0.2, 0.25) is 5.02 Å². The van der Waals surface area contributed by atoms with E-state index in [0.29, 0.717) is 23.0 Å². The quantitative estimate of drug-likeness (QED) is 0.288. The van der Waals surface area contributed by atoms with E-state index in [2.05, 4.69) is 26.7 Å². The zero-order chi connectivity index (χ0) is 26.5. The van der Waals surface area contributed by atoms with Gasteiger partial charge < -0.3 is 14.8 Å². The van der Waals surface area contributed by atoms with Gasteiger partial charge >= 0.3 is 0 Å². The molecule has 1 aliphatic heterocycles. The van der Waals surface area contributed by atoms with Crippen LogP contribution in [0, 0.1) is 0 Å². The second-order valence-corrected chi connectivity index (χ2v) is 10.2. The average Bonchev–Trinajstić information content (AvgIpc) is 3.69. The van der Waals surface area contributed by atoms with Crippen molar-refractivity contribution in [2.24, 2.45) is 0 Å². The minimum Gasteiger partial charge on any atom is -0.354 e. The zero-order valence-corrected chi connectivity index (χ0v) is 22.5. The molecule has 0 unspecified atom stereocenters. The van der Waals surface area contributed by atoms with E-state index in [1.807, 2.05) is 35.0 Å². The number of unbranched alkanes of at least 4 members (excludes halogenated alkanes) is 2. The fourth-order valence-electron chi connectivity index (χ4n) is 5.14. The summed E-state index contributed by atoms with van der Waals surface area (Å²) in [6.07, 6.45) is 12.8. The van der Waals surface area contributed by atoms with Crippen LogP contribution in [0.4, 0.5) is 5.82 Å². The van der Waals surface area contributed by atoms with Gasteiger partial charge in [-0.15, -0.1) is 0 Å². The molecule has 0 aliphatic carbocycles. The maximum absolute atomic E-state index is 13.3. The number of benzene rings is 1. The van der Waals surface area contributed by atoms with Crippen LogP contribution in [-0.4, -0.2) is 48.5 Å². The number of carbonyl (C=O) groups is 1. The van der Waals surface area contributed by atoms with Crippen molar-refractivity contribution in [1.29, 1.82) is 0 Å². The number of aryl methyl sites for hydroxylation is 2. The van der Waals surface area contributed by atoms with E-state index in [-0.39, 0.29) is 17.5 Å². The molecule has 1 N–H and O–H groups in total. The fraction of sp³-hybridized carbons (Fsp3) is 0.429. The molecule has 9 nitrogen and oxygen atoms in total. The molecule has 4 aromatic rings. The van der Waals surface area contributed by atoms with Crippen molar-refractivity contribution in [2.45, 2.75) is 64.6 Å². The number of hydrogen-bond acceptors (Lipinski definition) is 5. The lowest BCUT2D eigenvalue weighted by Gasteiger charge is -2.29. The Morgan fingerprint density at radius 1 is 1.16 bits per heavy atom. The summed E-state index contributed by atoms with van der Waals surface area (Å²) >= 11 is 6.07. The maximum Gasteiger partial charge on any atom is 0.261 e. The van der Waals surface area contributed by atoms with E-state index in [1.54, 1.807) is 29.2 Å². The first-order valence-electron chi connectivity index (χ1n) is 13.4. The van der Waals surface area contributed by atoms with Crippen molar-refractivity contribution in [1.82, 2.24) is 28.8 Å². The largest absolute Gasteiger partial charge is 0.354 e. The van der Waals surface area contributed by atoms with Gasteiger partial charge in [-0.2, -0.15) is 0 Å². The van der Waals surface area contributed by atoms with E-state index in [4.69, 9.17) is 16.6 Å². The van der Waals surface area contributed by atoms with Crippen LogP contribution in [-0.2, 0) is 17.9 Å². The number of rotatable bonds is 11. The van der Waals surface area contributed by atoms with Gasteiger partial charge in [0.1, 0.15) is 11.9 Å². The van der Waals surface area contributed by atoms with E-state index in [0.717, 1.165) is 69.5 Å². The Morgan fingerprint density at radius 3 is 2.76 bits per heavy atom. The van der Waals surface area contributed by atoms with Crippen LogP contribution < -0.4 is 15.8 Å². The third-order valence-electron chi connectivity index (χ3n) is 7.12. The van der Waals surface area contributed by atoms with E-state index >= 15 is 0 Å². The molecule has 0 radical (unpaired) electrons. The number of imidazole rings is 2. The highest BCUT2D eigenvalue weighted by Crippen LogP contribution is 2.28. The average molecular weight is 536 g/mol. The third-order valence-corrected chi connectivity index (χ3v) is 7.37. The molecule has 1 atom stereocenters. The second-order valence-electron chi connectivity index (χ2n) is 9.80. The number of anilines is 1. The summed E-state index contributed by atoms with van der Waals surface area (Å²) in [4.78, 5) is 37.6. The van der Waals surface area contributed by atoms with Crippen LogP contribution >= 0.6 is 11.6 Å². The van der Waals surface area contributed by atoms with Gasteiger partial charge in [-0.05, 0) is 37.8 Å². The van der Waals surface area contributed by atoms with Crippen LogP contribution in [0.3, 0.4) is 0 Å². The predicted octanol–water partition coefficient (Wildman–Crippen LogP) is 4.38. The molecular weight excluding hydrogens is 502 g/mol. The van der Waals surface area contributed by atoms with Crippen LogP contribution in [0.15, 0.2) is 60.0 Å². The number of hydrogen-bond donors (Lipinski definition) is 1. The molecule has 0 spiro atoms. The number of fused-ring (bicyclic) bond motifs is 1. The normalized spacial score (nSPS) is 15.4. The third kappa shape index (κ3) is 5.62. The Bertz CT molecular complexity index is 1430. The number of aromatic nitrogens is 5. The predicted molar refractivity (Wildman–Crippen MR) is 150 cm³/mol. The van der Waals surface area contributed by atoms with E-state index in [9.17, 15) is 9.59 Å². The van der Waals surface area contributed by atoms with Gasteiger partial charge in [-0.3, -0.25) is 18.6 Å². The summed E-state index contributed by atoms with van der Waals surface area (Å²) in [6, 6.07) is 8.81. The highest BCUT2D eigenvalue weighted by atomic mass is 35.5. The first-order valence-corrected chi connectivity index (χ1v) is 13.8. The molecule has 200 valence electrons. The first-order chi connectivity index (χ1) is 18.5. The molecule has 1 aliphatic rings. The second kappa shape index (κ2) is 11.9. The molecule has 1 amide bonds. The van der Waals surface area contributed by atoms with Gasteiger partial charge in [0.2, 0.25) is 11.7 Å². The van der Waals surface area contributed by atoms with Crippen molar-refractivity contribution in [2.75, 3.05) is 18.0 Å². The number of halogens is 1. The van der Waals surface area contributed by atoms with E-state index in [1.165, 1.54) is 0 Å². The molecule has 5 rings (SSSR count). The fourth-order valence-corrected chi connectivity index (χ4v) is 5.27. The minimum atomic E-state index is -0.312. The van der Waals surface area contributed by atoms with Crippen molar-refractivity contribution in [3.8, 4) is 11.3 Å². The Kier molecular flexibility index (Phi) is 8.12. The van der Waals surface area contributed by atoms with Gasteiger partial charge in [0.25, 0.3) is 5.56 Å². The standard InChI is InChI=1S/C28H34ClN7O2/c1-2-3-4-15-35-25(18-26(37)36-19-23(32-28(35)36)21-8-10-22(29)11-9-21)34-16-5-7-24(34)27(38)31-12-6-14-33-17-13-30-20-33/h8-11,13,17-20,24H,2-7,12,14-16H2,1H3,(H,31,38)/t24-/m0/s1. The molecule has 0 bridgehead atoms. The van der Waals surface area contributed by atoms with Crippen LogP contribution in [0.1, 0.15) is 45.4 Å². The summed E-state index contributed by atoms with van der Waals surface area (Å²) in [6.45, 7) is 5.01. The zero-order valence-electron chi connectivity index (χ0n) is 21.7. The highest BCUT2D eigenvalue weighted by Gasteiger charge is 2.33. The summed E-state index contributed by atoms with van der Waals surface area (Å²) < 4.78 is 5.73. The van der Waals surface area contributed by atoms with Crippen LogP contribution in [0.25, 0.3) is 17.0 Å². The first kappa shape index (κ1) is 26.0. The van der Waals surface area contributed by atoms with Crippen molar-refractivity contribution < 1.29 is 4.79 Å². The monoisotopic (exact) mass is 535 g/mol. The molecule has 38 heavy (non-hydrogen) atoms. The number of nitrogens with one attached hydrogen (secondary N) is 1. The Balaban J connectivity index is 1.42. The van der Waals surface area contributed by atoms with Crippen LogP contribution in [0.5, 0.6) is 0 Å². The molecule has 0 saturated carbocycles. The molecule has 1 saturated heterocycles. The lowest BCUT2D eigenvalue weighted by molar-refractivity contribution is -0.122. The lowest BCUT2D eigenvalue weighted by Crippen LogP contribution is -2.45. The highest BCUT2D eigenvalue weighted by molar-refractivity contribution is 6.30. The van der Waals surface area contributed by atoms with Crippen molar-refractivity contribution in [3.63, 3.8) is 0 Å². The molecule has 1 fully saturated rings. The van der Waals surface area contributed by atoms with Crippen molar-refractivity contribution in [3.05, 3.63) is 70.6 Å². The summed E-state index contributed by atoms with van der Waals surface area (Å²) in [5.74, 6) is 1.37. The molecule has 4 heterocycles. The Morgan fingerprint density at radius 2 is 2.00 bits per heavy atom. The van der Waals surface area contributed by atoms with Gasteiger partial charge in [-0.1, -0.05) is 43.5 Å². The smallest absolute Gasteiger partial charge is 0.261 e. The number of carbonyl (C=O) groups excluding carboxylic acids is 1. The summed E-state index contributed by atoms with van der Waals surface area (Å²) in [5.41, 5.74) is 1.46. The number of nitrogens with zero attached hydrogens (tertiary/aromatic N) is 6. The van der Waals surface area contributed by atoms with Gasteiger partial charge in [-0.25, -0.2) is 9.97 Å². The lowest BCUT2D eigenvalue weighted by atomic mass is 10.2. The maximum atomic E-state index is 13.3. The molecule has 3 aromatic heterocycles. The summed E-state index contributed by atoms with van der Waals surface area (Å²) in [7, 11) is 0. The van der Waals surface area contributed by atoms with E-state index < -0.39 is 0 Å².